The highest BCUT2D eigenvalue weighted by Crippen LogP contribution is 2.26. The van der Waals surface area contributed by atoms with Crippen LogP contribution in [-0.4, -0.2) is 48.8 Å². The first kappa shape index (κ1) is 18.1. The number of benzene rings is 2. The second kappa shape index (κ2) is 7.36. The number of thiazole rings is 1. The topological polar surface area (TPSA) is 53.5 Å². The normalized spacial score (nSPS) is 17.0. The summed E-state index contributed by atoms with van der Waals surface area (Å²) in [5, 5.41) is 1.08. The number of hydrogen-bond donors (Lipinski definition) is 0. The Morgan fingerprint density at radius 1 is 1.00 bits per heavy atom. The maximum absolute atomic E-state index is 12.9. The summed E-state index contributed by atoms with van der Waals surface area (Å²) in [4.78, 5) is 7.27. The number of para-hydroxylation sites is 1. The van der Waals surface area contributed by atoms with E-state index in [1.165, 1.54) is 4.70 Å². The number of rotatable bonds is 4. The first-order chi connectivity index (χ1) is 12.5. The van der Waals surface area contributed by atoms with Gasteiger partial charge in [0.05, 0.1) is 21.7 Å². The SMILES string of the molecule is O=S(=O)(c1ccccc1Br)N1CCN(Cc2nc3ccccc3s2)CC1. The zero-order valence-electron chi connectivity index (χ0n) is 14.0. The van der Waals surface area contributed by atoms with E-state index in [0.29, 0.717) is 35.5 Å². The fourth-order valence-corrected chi connectivity index (χ4v) is 6.50. The van der Waals surface area contributed by atoms with Gasteiger partial charge in [-0.15, -0.1) is 11.3 Å². The van der Waals surface area contributed by atoms with E-state index in [1.807, 2.05) is 24.3 Å². The van der Waals surface area contributed by atoms with Crippen LogP contribution in [0.5, 0.6) is 0 Å². The summed E-state index contributed by atoms with van der Waals surface area (Å²) >= 11 is 5.05. The molecule has 1 aromatic heterocycles. The quantitative estimate of drug-likeness (QED) is 0.608. The Morgan fingerprint density at radius 2 is 1.69 bits per heavy atom. The van der Waals surface area contributed by atoms with Gasteiger partial charge in [0.25, 0.3) is 0 Å². The van der Waals surface area contributed by atoms with Gasteiger partial charge in [-0.05, 0) is 40.2 Å². The molecule has 2 aromatic carbocycles. The fraction of sp³-hybridized carbons (Fsp3) is 0.278. The van der Waals surface area contributed by atoms with Gasteiger partial charge in [0.2, 0.25) is 10.0 Å². The first-order valence-corrected chi connectivity index (χ1v) is 11.4. The van der Waals surface area contributed by atoms with Gasteiger partial charge in [0.1, 0.15) is 5.01 Å². The van der Waals surface area contributed by atoms with Crippen LogP contribution in [0, 0.1) is 0 Å². The molecule has 0 spiro atoms. The predicted molar refractivity (Wildman–Crippen MR) is 108 cm³/mol. The van der Waals surface area contributed by atoms with Crippen molar-refractivity contribution in [1.29, 1.82) is 0 Å². The third-order valence-electron chi connectivity index (χ3n) is 4.48. The molecule has 8 heteroatoms. The molecule has 0 N–H and O–H groups in total. The van der Waals surface area contributed by atoms with Crippen LogP contribution in [0.3, 0.4) is 0 Å². The van der Waals surface area contributed by atoms with Crippen molar-refractivity contribution in [3.8, 4) is 0 Å². The maximum atomic E-state index is 12.9. The van der Waals surface area contributed by atoms with Crippen LogP contribution >= 0.6 is 27.3 Å². The van der Waals surface area contributed by atoms with Gasteiger partial charge in [-0.25, -0.2) is 13.4 Å². The minimum Gasteiger partial charge on any atom is -0.294 e. The zero-order chi connectivity index (χ0) is 18.1. The zero-order valence-corrected chi connectivity index (χ0v) is 17.2. The second-order valence-electron chi connectivity index (χ2n) is 6.19. The highest BCUT2D eigenvalue weighted by atomic mass is 79.9. The maximum Gasteiger partial charge on any atom is 0.244 e. The Morgan fingerprint density at radius 3 is 2.42 bits per heavy atom. The Bertz CT molecular complexity index is 995. The third kappa shape index (κ3) is 3.57. The number of hydrogen-bond acceptors (Lipinski definition) is 5. The lowest BCUT2D eigenvalue weighted by molar-refractivity contribution is 0.181. The van der Waals surface area contributed by atoms with Gasteiger partial charge in [-0.2, -0.15) is 4.31 Å². The molecular formula is C18H18BrN3O2S2. The Hall–Kier alpha value is -1.32. The van der Waals surface area contributed by atoms with Crippen LogP contribution in [-0.2, 0) is 16.6 Å². The van der Waals surface area contributed by atoms with E-state index in [1.54, 1.807) is 33.8 Å². The van der Waals surface area contributed by atoms with Gasteiger partial charge >= 0.3 is 0 Å². The molecular weight excluding hydrogens is 434 g/mol. The van der Waals surface area contributed by atoms with Gasteiger partial charge in [-0.1, -0.05) is 24.3 Å². The molecule has 0 saturated carbocycles. The minimum absolute atomic E-state index is 0.333. The largest absolute Gasteiger partial charge is 0.294 e. The predicted octanol–water partition coefficient (Wildman–Crippen LogP) is 3.57. The molecule has 0 amide bonds. The number of fused-ring (bicyclic) bond motifs is 1. The molecule has 5 nitrogen and oxygen atoms in total. The van der Waals surface area contributed by atoms with Crippen molar-refractivity contribution in [2.24, 2.45) is 0 Å². The molecule has 1 fully saturated rings. The van der Waals surface area contributed by atoms with E-state index in [4.69, 9.17) is 0 Å². The molecule has 136 valence electrons. The summed E-state index contributed by atoms with van der Waals surface area (Å²) < 4.78 is 29.1. The summed E-state index contributed by atoms with van der Waals surface area (Å²) in [5.74, 6) is 0. The van der Waals surface area contributed by atoms with E-state index in [2.05, 4.69) is 31.9 Å². The molecule has 0 radical (unpaired) electrons. The van der Waals surface area contributed by atoms with Crippen LogP contribution in [0.25, 0.3) is 10.2 Å². The van der Waals surface area contributed by atoms with Crippen molar-refractivity contribution < 1.29 is 8.42 Å². The Balaban J connectivity index is 1.43. The standard InChI is InChI=1S/C18H18BrN3O2S2/c19-14-5-1-4-8-17(14)26(23,24)22-11-9-21(10-12-22)13-18-20-15-6-2-3-7-16(15)25-18/h1-8H,9-13H2. The summed E-state index contributed by atoms with van der Waals surface area (Å²) in [5.41, 5.74) is 1.03. The van der Waals surface area contributed by atoms with Crippen molar-refractivity contribution in [2.45, 2.75) is 11.4 Å². The van der Waals surface area contributed by atoms with Crippen molar-refractivity contribution in [1.82, 2.24) is 14.2 Å². The Kier molecular flexibility index (Phi) is 5.11. The highest BCUT2D eigenvalue weighted by Gasteiger charge is 2.30. The molecule has 4 rings (SSSR count). The molecule has 1 saturated heterocycles. The summed E-state index contributed by atoms with van der Waals surface area (Å²) in [6.07, 6.45) is 0. The van der Waals surface area contributed by atoms with E-state index in [9.17, 15) is 8.42 Å². The summed E-state index contributed by atoms with van der Waals surface area (Å²) in [7, 11) is -3.46. The lowest BCUT2D eigenvalue weighted by Crippen LogP contribution is -2.48. The van der Waals surface area contributed by atoms with E-state index in [0.717, 1.165) is 17.1 Å². The summed E-state index contributed by atoms with van der Waals surface area (Å²) in [6.45, 7) is 3.17. The molecule has 0 unspecified atom stereocenters. The first-order valence-electron chi connectivity index (χ1n) is 8.35. The lowest BCUT2D eigenvalue weighted by Gasteiger charge is -2.33. The fourth-order valence-electron chi connectivity index (χ4n) is 3.10. The van der Waals surface area contributed by atoms with E-state index in [-0.39, 0.29) is 0 Å². The smallest absolute Gasteiger partial charge is 0.244 e. The highest BCUT2D eigenvalue weighted by molar-refractivity contribution is 9.10. The van der Waals surface area contributed by atoms with Crippen LogP contribution in [0.2, 0.25) is 0 Å². The summed E-state index contributed by atoms with van der Waals surface area (Å²) in [6, 6.07) is 15.1. The molecule has 1 aliphatic heterocycles. The van der Waals surface area contributed by atoms with Crippen molar-refractivity contribution in [3.05, 3.63) is 58.0 Å². The molecule has 26 heavy (non-hydrogen) atoms. The lowest BCUT2D eigenvalue weighted by atomic mass is 10.3. The third-order valence-corrected chi connectivity index (χ3v) is 8.41. The second-order valence-corrected chi connectivity index (χ2v) is 10.1. The van der Waals surface area contributed by atoms with Gasteiger partial charge in [-0.3, -0.25) is 4.90 Å². The van der Waals surface area contributed by atoms with Crippen molar-refractivity contribution in [3.63, 3.8) is 0 Å². The number of piperazine rings is 1. The number of aromatic nitrogens is 1. The molecule has 0 bridgehead atoms. The molecule has 2 heterocycles. The van der Waals surface area contributed by atoms with Crippen molar-refractivity contribution >= 4 is 47.5 Å². The van der Waals surface area contributed by atoms with E-state index >= 15 is 0 Å². The van der Waals surface area contributed by atoms with Crippen LogP contribution in [0.4, 0.5) is 0 Å². The molecule has 0 aliphatic carbocycles. The van der Waals surface area contributed by atoms with Crippen LogP contribution in [0.1, 0.15) is 5.01 Å². The molecule has 3 aromatic rings. The number of nitrogens with zero attached hydrogens (tertiary/aromatic N) is 3. The Labute approximate surface area is 165 Å². The van der Waals surface area contributed by atoms with E-state index < -0.39 is 10.0 Å². The average Bonchev–Trinajstić information content (AvgIpc) is 3.04. The van der Waals surface area contributed by atoms with Gasteiger partial charge in [0.15, 0.2) is 0 Å². The number of halogens is 1. The molecule has 1 aliphatic rings. The van der Waals surface area contributed by atoms with Crippen LogP contribution in [0.15, 0.2) is 57.9 Å². The van der Waals surface area contributed by atoms with Gasteiger partial charge in [0, 0.05) is 30.7 Å². The monoisotopic (exact) mass is 451 g/mol. The molecule has 0 atom stereocenters. The van der Waals surface area contributed by atoms with Gasteiger partial charge < -0.3 is 0 Å². The van der Waals surface area contributed by atoms with Crippen molar-refractivity contribution in [2.75, 3.05) is 26.2 Å². The number of sulfonamides is 1. The minimum atomic E-state index is -3.46. The van der Waals surface area contributed by atoms with Crippen LogP contribution < -0.4 is 0 Å². The average molecular weight is 452 g/mol.